The Hall–Kier alpha value is -1.35. The first-order valence-corrected chi connectivity index (χ1v) is 7.71. The summed E-state index contributed by atoms with van der Waals surface area (Å²) < 4.78 is 0. The van der Waals surface area contributed by atoms with Crippen molar-refractivity contribution in [3.63, 3.8) is 0 Å². The Kier molecular flexibility index (Phi) is 5.80. The van der Waals surface area contributed by atoms with Crippen LogP contribution in [0.1, 0.15) is 24.1 Å². The third-order valence-electron chi connectivity index (χ3n) is 3.79. The summed E-state index contributed by atoms with van der Waals surface area (Å²) in [6, 6.07) is 18.6. The molecule has 2 N–H and O–H groups in total. The fraction of sp³-hybridized carbons (Fsp3) is 0.333. The van der Waals surface area contributed by atoms with Gasteiger partial charge in [0.2, 0.25) is 0 Å². The first-order chi connectivity index (χ1) is 10.1. The first-order valence-electron chi connectivity index (χ1n) is 7.33. The monoisotopic (exact) mass is 302 g/mol. The molecule has 2 nitrogen and oxygen atoms in total. The molecule has 2 aromatic carbocycles. The predicted molar refractivity (Wildman–Crippen MR) is 90.6 cm³/mol. The Bertz CT molecular complexity index is 554. The van der Waals surface area contributed by atoms with Gasteiger partial charge in [-0.05, 0) is 37.6 Å². The van der Waals surface area contributed by atoms with Crippen molar-refractivity contribution in [3.8, 4) is 0 Å². The van der Waals surface area contributed by atoms with E-state index < -0.39 is 0 Å². The number of hydrogen-bond donors (Lipinski definition) is 1. The largest absolute Gasteiger partial charge is 0.326 e. The van der Waals surface area contributed by atoms with Gasteiger partial charge in [0.05, 0.1) is 6.04 Å². The van der Waals surface area contributed by atoms with E-state index in [0.29, 0.717) is 0 Å². The van der Waals surface area contributed by atoms with Gasteiger partial charge in [0.25, 0.3) is 0 Å². The van der Waals surface area contributed by atoms with Gasteiger partial charge in [-0.3, -0.25) is 4.90 Å². The third-order valence-corrected chi connectivity index (χ3v) is 4.14. The van der Waals surface area contributed by atoms with E-state index in [1.165, 1.54) is 5.56 Å². The number of benzene rings is 2. The minimum absolute atomic E-state index is 0.0191. The highest BCUT2D eigenvalue weighted by molar-refractivity contribution is 6.31. The number of rotatable bonds is 6. The van der Waals surface area contributed by atoms with Gasteiger partial charge in [0, 0.05) is 17.6 Å². The third kappa shape index (κ3) is 4.31. The molecule has 0 bridgehead atoms. The number of nitrogens with two attached hydrogens (primary N) is 1. The molecule has 2 unspecified atom stereocenters. The van der Waals surface area contributed by atoms with E-state index in [4.69, 9.17) is 17.3 Å². The van der Waals surface area contributed by atoms with Crippen LogP contribution in [-0.4, -0.2) is 24.5 Å². The Morgan fingerprint density at radius 2 is 1.67 bits per heavy atom. The van der Waals surface area contributed by atoms with E-state index >= 15 is 0 Å². The van der Waals surface area contributed by atoms with Gasteiger partial charge in [-0.1, -0.05) is 60.1 Å². The summed E-state index contributed by atoms with van der Waals surface area (Å²) >= 11 is 6.34. The Labute approximate surface area is 132 Å². The van der Waals surface area contributed by atoms with Gasteiger partial charge < -0.3 is 5.73 Å². The van der Waals surface area contributed by atoms with Crippen molar-refractivity contribution in [2.24, 2.45) is 5.73 Å². The van der Waals surface area contributed by atoms with Crippen molar-refractivity contribution in [1.82, 2.24) is 4.90 Å². The topological polar surface area (TPSA) is 29.3 Å². The molecule has 21 heavy (non-hydrogen) atoms. The zero-order valence-electron chi connectivity index (χ0n) is 12.7. The number of hydrogen-bond acceptors (Lipinski definition) is 2. The zero-order chi connectivity index (χ0) is 15.2. The van der Waals surface area contributed by atoms with Gasteiger partial charge in [-0.25, -0.2) is 0 Å². The highest BCUT2D eigenvalue weighted by atomic mass is 35.5. The summed E-state index contributed by atoms with van der Waals surface area (Å²) in [6.07, 6.45) is 1.00. The minimum atomic E-state index is 0.0191. The average molecular weight is 303 g/mol. The lowest BCUT2D eigenvalue weighted by Crippen LogP contribution is -2.38. The summed E-state index contributed by atoms with van der Waals surface area (Å²) in [5, 5.41) is 0.784. The molecule has 0 fully saturated rings. The summed E-state index contributed by atoms with van der Waals surface area (Å²) in [5.41, 5.74) is 8.65. The quantitative estimate of drug-likeness (QED) is 0.877. The van der Waals surface area contributed by atoms with Crippen LogP contribution in [0.4, 0.5) is 0 Å². The van der Waals surface area contributed by atoms with Crippen molar-refractivity contribution < 1.29 is 0 Å². The molecule has 0 aliphatic heterocycles. The molecule has 0 saturated heterocycles. The van der Waals surface area contributed by atoms with E-state index in [1.807, 2.05) is 31.2 Å². The molecule has 0 radical (unpaired) electrons. The first kappa shape index (κ1) is 16.0. The van der Waals surface area contributed by atoms with Crippen molar-refractivity contribution >= 4 is 11.6 Å². The second-order valence-corrected chi connectivity index (χ2v) is 5.95. The molecule has 0 heterocycles. The van der Waals surface area contributed by atoms with Crippen molar-refractivity contribution in [3.05, 3.63) is 70.7 Å². The molecule has 2 atom stereocenters. The van der Waals surface area contributed by atoms with Crippen LogP contribution in [-0.2, 0) is 6.42 Å². The zero-order valence-corrected chi connectivity index (χ0v) is 13.4. The van der Waals surface area contributed by atoms with Crippen LogP contribution in [0, 0.1) is 0 Å². The maximum atomic E-state index is 6.34. The lowest BCUT2D eigenvalue weighted by molar-refractivity contribution is 0.221. The van der Waals surface area contributed by atoms with Crippen LogP contribution in [0.15, 0.2) is 54.6 Å². The molecule has 0 aliphatic carbocycles. The highest BCUT2D eigenvalue weighted by Crippen LogP contribution is 2.28. The van der Waals surface area contributed by atoms with Crippen LogP contribution in [0.3, 0.4) is 0 Å². The Morgan fingerprint density at radius 3 is 2.29 bits per heavy atom. The van der Waals surface area contributed by atoms with Crippen LogP contribution in [0.2, 0.25) is 5.02 Å². The molecule has 112 valence electrons. The summed E-state index contributed by atoms with van der Waals surface area (Å²) in [6.45, 7) is 2.98. The lowest BCUT2D eigenvalue weighted by Gasteiger charge is -2.32. The Balaban J connectivity index is 2.10. The van der Waals surface area contributed by atoms with Gasteiger partial charge in [0.15, 0.2) is 0 Å². The minimum Gasteiger partial charge on any atom is -0.326 e. The normalized spacial score (nSPS) is 14.1. The van der Waals surface area contributed by atoms with Crippen LogP contribution in [0.25, 0.3) is 0 Å². The number of nitrogens with zero attached hydrogens (tertiary/aromatic N) is 1. The van der Waals surface area contributed by atoms with Crippen molar-refractivity contribution in [1.29, 1.82) is 0 Å². The lowest BCUT2D eigenvalue weighted by atomic mass is 9.99. The van der Waals surface area contributed by atoms with E-state index in [2.05, 4.69) is 42.3 Å². The second-order valence-electron chi connectivity index (χ2n) is 5.54. The van der Waals surface area contributed by atoms with Gasteiger partial charge in [-0.15, -0.1) is 0 Å². The van der Waals surface area contributed by atoms with Gasteiger partial charge >= 0.3 is 0 Å². The molecule has 0 spiro atoms. The summed E-state index contributed by atoms with van der Waals surface area (Å²) in [4.78, 5) is 2.29. The summed E-state index contributed by atoms with van der Waals surface area (Å²) in [7, 11) is 2.11. The number of likely N-dealkylation sites (N-methyl/N-ethyl adjacent to an activating group) is 1. The fourth-order valence-corrected chi connectivity index (χ4v) is 2.97. The maximum Gasteiger partial charge on any atom is 0.0508 e. The van der Waals surface area contributed by atoms with E-state index in [1.54, 1.807) is 0 Å². The van der Waals surface area contributed by atoms with Gasteiger partial charge in [-0.2, -0.15) is 0 Å². The molecule has 0 amide bonds. The molecule has 3 heteroatoms. The molecule has 0 aliphatic rings. The Morgan fingerprint density at radius 1 is 1.05 bits per heavy atom. The fourth-order valence-electron chi connectivity index (χ4n) is 2.73. The van der Waals surface area contributed by atoms with E-state index in [0.717, 1.165) is 23.6 Å². The summed E-state index contributed by atoms with van der Waals surface area (Å²) in [5.74, 6) is 0. The molecular weight excluding hydrogens is 280 g/mol. The average Bonchev–Trinajstić information content (AvgIpc) is 2.48. The number of halogens is 1. The standard InChI is InChI=1S/C18H23ClN2/c1-14(20)18(16-10-6-7-11-17(16)19)21(2)13-12-15-8-4-3-5-9-15/h3-11,14,18H,12-13,20H2,1-2H3. The molecule has 2 rings (SSSR count). The predicted octanol–water partition coefficient (Wildman–Crippen LogP) is 3.90. The molecular formula is C18H23ClN2. The van der Waals surface area contributed by atoms with Crippen LogP contribution < -0.4 is 5.73 Å². The van der Waals surface area contributed by atoms with Crippen molar-refractivity contribution in [2.45, 2.75) is 25.4 Å². The highest BCUT2D eigenvalue weighted by Gasteiger charge is 2.22. The SMILES string of the molecule is CC(N)C(c1ccccc1Cl)N(C)CCc1ccccc1. The smallest absolute Gasteiger partial charge is 0.0508 e. The van der Waals surface area contributed by atoms with E-state index in [-0.39, 0.29) is 12.1 Å². The van der Waals surface area contributed by atoms with Crippen LogP contribution in [0.5, 0.6) is 0 Å². The van der Waals surface area contributed by atoms with E-state index in [9.17, 15) is 0 Å². The molecule has 0 saturated carbocycles. The molecule has 0 aromatic heterocycles. The van der Waals surface area contributed by atoms with Crippen LogP contribution >= 0.6 is 11.6 Å². The maximum absolute atomic E-state index is 6.34. The van der Waals surface area contributed by atoms with Gasteiger partial charge in [0.1, 0.15) is 0 Å². The molecule has 2 aromatic rings. The van der Waals surface area contributed by atoms with Crippen molar-refractivity contribution in [2.75, 3.05) is 13.6 Å². The second kappa shape index (κ2) is 7.60.